The summed E-state index contributed by atoms with van der Waals surface area (Å²) in [5, 5.41) is 3.55. The minimum Gasteiger partial charge on any atom is -0.497 e. The predicted molar refractivity (Wildman–Crippen MR) is 86.5 cm³/mol. The number of anilines is 3. The molecular formula is C14H18N4O2S. The van der Waals surface area contributed by atoms with Gasteiger partial charge in [0.15, 0.2) is 5.13 Å². The molecule has 7 heteroatoms. The number of aryl methyl sites for hydroxylation is 1. The van der Waals surface area contributed by atoms with Gasteiger partial charge in [0.05, 0.1) is 7.11 Å². The van der Waals surface area contributed by atoms with E-state index in [-0.39, 0.29) is 11.7 Å². The van der Waals surface area contributed by atoms with E-state index in [1.54, 1.807) is 19.2 Å². The van der Waals surface area contributed by atoms with Crippen molar-refractivity contribution in [2.75, 3.05) is 37.2 Å². The lowest BCUT2D eigenvalue weighted by Crippen LogP contribution is -2.13. The molecule has 0 aliphatic rings. The molecule has 0 spiro atoms. The van der Waals surface area contributed by atoms with Gasteiger partial charge in [-0.05, 0) is 30.7 Å². The molecule has 2 aromatic rings. The molecule has 0 atom stereocenters. The van der Waals surface area contributed by atoms with Gasteiger partial charge in [0.1, 0.15) is 16.4 Å². The zero-order chi connectivity index (χ0) is 15.6. The van der Waals surface area contributed by atoms with Gasteiger partial charge >= 0.3 is 0 Å². The largest absolute Gasteiger partial charge is 0.497 e. The number of ether oxygens (including phenoxy) is 1. The van der Waals surface area contributed by atoms with Crippen LogP contribution in [0.25, 0.3) is 0 Å². The van der Waals surface area contributed by atoms with Gasteiger partial charge in [0.2, 0.25) is 0 Å². The van der Waals surface area contributed by atoms with E-state index in [4.69, 9.17) is 10.5 Å². The number of nitrogens with zero attached hydrogens (tertiary/aromatic N) is 2. The van der Waals surface area contributed by atoms with Gasteiger partial charge < -0.3 is 20.7 Å². The van der Waals surface area contributed by atoms with Crippen LogP contribution in [0, 0.1) is 6.92 Å². The van der Waals surface area contributed by atoms with E-state index in [1.165, 1.54) is 11.3 Å². The van der Waals surface area contributed by atoms with Crippen LogP contribution in [0.2, 0.25) is 0 Å². The lowest BCUT2D eigenvalue weighted by atomic mass is 10.2. The minimum absolute atomic E-state index is 0.243. The lowest BCUT2D eigenvalue weighted by molar-refractivity contribution is 0.103. The third kappa shape index (κ3) is 3.25. The number of methoxy groups -OCH3 is 1. The third-order valence-electron chi connectivity index (χ3n) is 2.91. The first-order valence-electron chi connectivity index (χ1n) is 6.32. The molecule has 3 N–H and O–H groups in total. The zero-order valence-corrected chi connectivity index (χ0v) is 13.2. The molecule has 1 heterocycles. The van der Waals surface area contributed by atoms with Gasteiger partial charge in [-0.25, -0.2) is 4.98 Å². The maximum atomic E-state index is 12.3. The molecule has 6 nitrogen and oxygen atoms in total. The molecule has 1 aromatic carbocycles. The Hall–Kier alpha value is -2.28. The second-order valence-electron chi connectivity index (χ2n) is 4.74. The van der Waals surface area contributed by atoms with Crippen LogP contribution in [-0.2, 0) is 0 Å². The second kappa shape index (κ2) is 6.01. The van der Waals surface area contributed by atoms with Crippen molar-refractivity contribution in [1.82, 2.24) is 4.98 Å². The van der Waals surface area contributed by atoms with E-state index < -0.39 is 0 Å². The average molecular weight is 306 g/mol. The molecule has 21 heavy (non-hydrogen) atoms. The summed E-state index contributed by atoms with van der Waals surface area (Å²) < 4.78 is 5.14. The van der Waals surface area contributed by atoms with Crippen LogP contribution in [0.1, 0.15) is 15.2 Å². The van der Waals surface area contributed by atoms with Gasteiger partial charge in [0, 0.05) is 19.8 Å². The molecule has 0 unspecified atom stereocenters. The van der Waals surface area contributed by atoms with Crippen LogP contribution >= 0.6 is 11.3 Å². The Morgan fingerprint density at radius 2 is 2.14 bits per heavy atom. The number of carbonyl (C=O) groups is 1. The van der Waals surface area contributed by atoms with Gasteiger partial charge in [0.25, 0.3) is 5.91 Å². The number of nitrogen functional groups attached to an aromatic ring is 1. The van der Waals surface area contributed by atoms with Crippen molar-refractivity contribution in [3.63, 3.8) is 0 Å². The molecule has 112 valence electrons. The summed E-state index contributed by atoms with van der Waals surface area (Å²) >= 11 is 1.26. The third-order valence-corrected chi connectivity index (χ3v) is 4.15. The molecule has 0 aliphatic heterocycles. The Morgan fingerprint density at radius 3 is 2.67 bits per heavy atom. The SMILES string of the molecule is COc1ccc(NC(=O)c2sc(N(C)C)nc2N)c(C)c1. The second-order valence-corrected chi connectivity index (χ2v) is 5.72. The summed E-state index contributed by atoms with van der Waals surface area (Å²) in [4.78, 5) is 18.7. The number of nitrogens with two attached hydrogens (primary N) is 1. The number of hydrogen-bond acceptors (Lipinski definition) is 6. The molecule has 0 bridgehead atoms. The highest BCUT2D eigenvalue weighted by atomic mass is 32.1. The van der Waals surface area contributed by atoms with E-state index >= 15 is 0 Å². The Morgan fingerprint density at radius 1 is 1.43 bits per heavy atom. The van der Waals surface area contributed by atoms with Gasteiger partial charge in [-0.3, -0.25) is 4.79 Å². The Labute approximate surface area is 127 Å². The van der Waals surface area contributed by atoms with Crippen LogP contribution in [0.4, 0.5) is 16.6 Å². The van der Waals surface area contributed by atoms with Crippen LogP contribution in [0.3, 0.4) is 0 Å². The van der Waals surface area contributed by atoms with E-state index in [2.05, 4.69) is 10.3 Å². The monoisotopic (exact) mass is 306 g/mol. The van der Waals surface area contributed by atoms with Crippen LogP contribution < -0.4 is 20.7 Å². The summed E-state index contributed by atoms with van der Waals surface area (Å²) in [6, 6.07) is 5.46. The number of hydrogen-bond donors (Lipinski definition) is 2. The number of aromatic nitrogens is 1. The summed E-state index contributed by atoms with van der Waals surface area (Å²) in [6.45, 7) is 1.90. The van der Waals surface area contributed by atoms with Crippen molar-refractivity contribution >= 4 is 33.9 Å². The standard InChI is InChI=1S/C14H18N4O2S/c1-8-7-9(20-4)5-6-10(8)16-13(19)11-12(15)17-14(21-11)18(2)3/h5-7H,15H2,1-4H3,(H,16,19). The molecule has 0 fully saturated rings. The van der Waals surface area contributed by atoms with Crippen molar-refractivity contribution in [2.24, 2.45) is 0 Å². The average Bonchev–Trinajstić information content (AvgIpc) is 2.83. The smallest absolute Gasteiger partial charge is 0.269 e. The Balaban J connectivity index is 2.22. The van der Waals surface area contributed by atoms with Gasteiger partial charge in [-0.15, -0.1) is 0 Å². The van der Waals surface area contributed by atoms with Crippen LogP contribution in [0.5, 0.6) is 5.75 Å². The maximum Gasteiger partial charge on any atom is 0.269 e. The highest BCUT2D eigenvalue weighted by molar-refractivity contribution is 7.18. The van der Waals surface area contributed by atoms with E-state index in [1.807, 2.05) is 32.0 Å². The molecule has 0 saturated heterocycles. The first-order chi connectivity index (χ1) is 9.92. The fourth-order valence-corrected chi connectivity index (χ4v) is 2.56. The number of amides is 1. The maximum absolute atomic E-state index is 12.3. The number of carbonyl (C=O) groups excluding carboxylic acids is 1. The predicted octanol–water partition coefficient (Wildman–Crippen LogP) is 2.36. The number of benzene rings is 1. The van der Waals surface area contributed by atoms with Crippen LogP contribution in [-0.4, -0.2) is 32.1 Å². The van der Waals surface area contributed by atoms with Crippen molar-refractivity contribution in [2.45, 2.75) is 6.92 Å². The zero-order valence-electron chi connectivity index (χ0n) is 12.4. The fraction of sp³-hybridized carbons (Fsp3) is 0.286. The normalized spacial score (nSPS) is 10.3. The Bertz CT molecular complexity index is 667. The van der Waals surface area contributed by atoms with Crippen molar-refractivity contribution in [1.29, 1.82) is 0 Å². The molecule has 2 rings (SSSR count). The molecule has 0 radical (unpaired) electrons. The minimum atomic E-state index is -0.258. The summed E-state index contributed by atoms with van der Waals surface area (Å²) in [7, 11) is 5.31. The number of nitrogens with one attached hydrogen (secondary N) is 1. The van der Waals surface area contributed by atoms with Gasteiger partial charge in [-0.2, -0.15) is 0 Å². The van der Waals surface area contributed by atoms with E-state index in [0.717, 1.165) is 17.0 Å². The summed E-state index contributed by atoms with van der Waals surface area (Å²) in [5.74, 6) is 0.733. The lowest BCUT2D eigenvalue weighted by Gasteiger charge is -2.09. The summed E-state index contributed by atoms with van der Waals surface area (Å²) in [6.07, 6.45) is 0. The van der Waals surface area contributed by atoms with E-state index in [9.17, 15) is 4.79 Å². The number of thiazole rings is 1. The topological polar surface area (TPSA) is 80.5 Å². The highest BCUT2D eigenvalue weighted by Gasteiger charge is 2.17. The summed E-state index contributed by atoms with van der Waals surface area (Å²) in [5.41, 5.74) is 7.45. The highest BCUT2D eigenvalue weighted by Crippen LogP contribution is 2.28. The first kappa shape index (κ1) is 15.1. The quantitative estimate of drug-likeness (QED) is 0.906. The van der Waals surface area contributed by atoms with Crippen molar-refractivity contribution in [3.8, 4) is 5.75 Å². The number of rotatable bonds is 4. The van der Waals surface area contributed by atoms with Gasteiger partial charge in [-0.1, -0.05) is 11.3 Å². The van der Waals surface area contributed by atoms with Crippen LogP contribution in [0.15, 0.2) is 18.2 Å². The molecular weight excluding hydrogens is 288 g/mol. The Kier molecular flexibility index (Phi) is 4.32. The molecule has 1 amide bonds. The van der Waals surface area contributed by atoms with Crippen molar-refractivity contribution < 1.29 is 9.53 Å². The molecule has 1 aromatic heterocycles. The fourth-order valence-electron chi connectivity index (χ4n) is 1.76. The molecule has 0 saturated carbocycles. The first-order valence-corrected chi connectivity index (χ1v) is 7.13. The molecule has 0 aliphatic carbocycles. The van der Waals surface area contributed by atoms with E-state index in [0.29, 0.717) is 10.0 Å². The van der Waals surface area contributed by atoms with Crippen molar-refractivity contribution in [3.05, 3.63) is 28.6 Å².